The summed E-state index contributed by atoms with van der Waals surface area (Å²) in [5, 5.41) is 0. The SMILES string of the molecule is NC1CS(=O)(=O)CC1CCF. The van der Waals surface area contributed by atoms with Crippen molar-refractivity contribution in [3.63, 3.8) is 0 Å². The van der Waals surface area contributed by atoms with Crippen LogP contribution in [0.4, 0.5) is 4.39 Å². The molecule has 0 aromatic heterocycles. The number of alkyl halides is 1. The Kier molecular flexibility index (Phi) is 2.49. The van der Waals surface area contributed by atoms with E-state index >= 15 is 0 Å². The number of hydrogen-bond acceptors (Lipinski definition) is 3. The fourth-order valence-electron chi connectivity index (χ4n) is 1.38. The number of hydrogen-bond donors (Lipinski definition) is 1. The van der Waals surface area contributed by atoms with Crippen LogP contribution in [0.1, 0.15) is 6.42 Å². The first-order valence-electron chi connectivity index (χ1n) is 3.57. The van der Waals surface area contributed by atoms with E-state index in [1.807, 2.05) is 0 Å². The van der Waals surface area contributed by atoms with Crippen molar-refractivity contribution in [3.8, 4) is 0 Å². The summed E-state index contributed by atoms with van der Waals surface area (Å²) in [4.78, 5) is 0. The normalized spacial score (nSPS) is 35.8. The summed E-state index contributed by atoms with van der Waals surface area (Å²) < 4.78 is 33.7. The molecule has 1 heterocycles. The second-order valence-corrected chi connectivity index (χ2v) is 5.13. The fourth-order valence-corrected chi connectivity index (χ4v) is 3.45. The average molecular weight is 181 g/mol. The first-order chi connectivity index (χ1) is 5.05. The Morgan fingerprint density at radius 1 is 1.45 bits per heavy atom. The zero-order valence-corrected chi connectivity index (χ0v) is 6.98. The Bertz CT molecular complexity index is 227. The summed E-state index contributed by atoms with van der Waals surface area (Å²) in [5.74, 6) is -0.0690. The third-order valence-corrected chi connectivity index (χ3v) is 3.83. The zero-order chi connectivity index (χ0) is 8.48. The predicted octanol–water partition coefficient (Wildman–Crippen LogP) is -0.282. The Hall–Kier alpha value is -0.160. The first kappa shape index (κ1) is 8.93. The molecule has 2 N–H and O–H groups in total. The van der Waals surface area contributed by atoms with Gasteiger partial charge in [-0.3, -0.25) is 4.39 Å². The summed E-state index contributed by atoms with van der Waals surface area (Å²) in [6, 6.07) is -0.351. The van der Waals surface area contributed by atoms with E-state index < -0.39 is 16.5 Å². The molecule has 1 rings (SSSR count). The van der Waals surface area contributed by atoms with Crippen molar-refractivity contribution in [3.05, 3.63) is 0 Å². The topological polar surface area (TPSA) is 60.2 Å². The molecular weight excluding hydrogens is 169 g/mol. The van der Waals surface area contributed by atoms with E-state index in [9.17, 15) is 12.8 Å². The molecule has 2 unspecified atom stereocenters. The molecule has 2 atom stereocenters. The summed E-state index contributed by atoms with van der Waals surface area (Å²) in [6.07, 6.45) is 0.278. The molecule has 1 aliphatic rings. The second kappa shape index (κ2) is 3.06. The minimum absolute atomic E-state index is 0.0255. The molecule has 0 amide bonds. The van der Waals surface area contributed by atoms with Crippen LogP contribution in [0.15, 0.2) is 0 Å². The average Bonchev–Trinajstić information content (AvgIpc) is 2.07. The highest BCUT2D eigenvalue weighted by atomic mass is 32.2. The smallest absolute Gasteiger partial charge is 0.152 e. The standard InChI is InChI=1S/C6H12FNO2S/c7-2-1-5-3-11(9,10)4-6(5)8/h5-6H,1-4,8H2. The van der Waals surface area contributed by atoms with Gasteiger partial charge in [-0.1, -0.05) is 0 Å². The zero-order valence-electron chi connectivity index (χ0n) is 6.16. The van der Waals surface area contributed by atoms with Crippen LogP contribution < -0.4 is 5.73 Å². The van der Waals surface area contributed by atoms with Crippen LogP contribution in [0.25, 0.3) is 0 Å². The molecule has 1 saturated heterocycles. The van der Waals surface area contributed by atoms with Crippen LogP contribution in [-0.2, 0) is 9.84 Å². The van der Waals surface area contributed by atoms with E-state index in [2.05, 4.69) is 0 Å². The first-order valence-corrected chi connectivity index (χ1v) is 5.39. The number of nitrogens with two attached hydrogens (primary N) is 1. The van der Waals surface area contributed by atoms with E-state index in [1.54, 1.807) is 0 Å². The van der Waals surface area contributed by atoms with Crippen LogP contribution in [0.3, 0.4) is 0 Å². The van der Waals surface area contributed by atoms with Gasteiger partial charge in [-0.15, -0.1) is 0 Å². The third-order valence-electron chi connectivity index (χ3n) is 2.00. The molecule has 3 nitrogen and oxygen atoms in total. The molecule has 1 fully saturated rings. The van der Waals surface area contributed by atoms with Crippen molar-refractivity contribution in [2.75, 3.05) is 18.2 Å². The molecule has 1 aliphatic heterocycles. The molecule has 0 aromatic carbocycles. The van der Waals surface area contributed by atoms with E-state index in [0.29, 0.717) is 0 Å². The van der Waals surface area contributed by atoms with E-state index in [0.717, 1.165) is 0 Å². The van der Waals surface area contributed by atoms with Crippen LogP contribution in [0.5, 0.6) is 0 Å². The Labute approximate surface area is 65.7 Å². The van der Waals surface area contributed by atoms with Gasteiger partial charge < -0.3 is 5.73 Å². The van der Waals surface area contributed by atoms with Crippen molar-refractivity contribution in [1.82, 2.24) is 0 Å². The van der Waals surface area contributed by atoms with Crippen LogP contribution >= 0.6 is 0 Å². The van der Waals surface area contributed by atoms with Gasteiger partial charge in [-0.2, -0.15) is 0 Å². The minimum Gasteiger partial charge on any atom is -0.326 e. The monoisotopic (exact) mass is 181 g/mol. The summed E-state index contributed by atoms with van der Waals surface area (Å²) in [5.41, 5.74) is 5.49. The largest absolute Gasteiger partial charge is 0.326 e. The van der Waals surface area contributed by atoms with Gasteiger partial charge in [-0.25, -0.2) is 8.42 Å². The lowest BCUT2D eigenvalue weighted by Crippen LogP contribution is -2.28. The molecule has 0 radical (unpaired) electrons. The maximum absolute atomic E-state index is 11.8. The van der Waals surface area contributed by atoms with Gasteiger partial charge in [0.2, 0.25) is 0 Å². The third kappa shape index (κ3) is 2.13. The van der Waals surface area contributed by atoms with Gasteiger partial charge in [0, 0.05) is 6.04 Å². The maximum Gasteiger partial charge on any atom is 0.152 e. The highest BCUT2D eigenvalue weighted by Gasteiger charge is 2.34. The molecule has 11 heavy (non-hydrogen) atoms. The lowest BCUT2D eigenvalue weighted by molar-refractivity contribution is 0.385. The van der Waals surface area contributed by atoms with E-state index in [-0.39, 0.29) is 29.9 Å². The molecule has 0 bridgehead atoms. The maximum atomic E-state index is 11.8. The minimum atomic E-state index is -2.96. The summed E-state index contributed by atoms with van der Waals surface area (Å²) in [7, 11) is -2.96. The van der Waals surface area contributed by atoms with Crippen molar-refractivity contribution in [1.29, 1.82) is 0 Å². The van der Waals surface area contributed by atoms with Gasteiger partial charge in [0.05, 0.1) is 18.2 Å². The van der Waals surface area contributed by atoms with E-state index in [1.165, 1.54) is 0 Å². The van der Waals surface area contributed by atoms with Gasteiger partial charge in [-0.05, 0) is 12.3 Å². The molecule has 0 saturated carbocycles. The highest BCUT2D eigenvalue weighted by molar-refractivity contribution is 7.91. The van der Waals surface area contributed by atoms with Crippen LogP contribution in [0, 0.1) is 5.92 Å². The summed E-state index contributed by atoms with van der Waals surface area (Å²) in [6.45, 7) is -0.478. The molecule has 5 heteroatoms. The second-order valence-electron chi connectivity index (χ2n) is 2.98. The number of rotatable bonds is 2. The molecular formula is C6H12FNO2S. The highest BCUT2D eigenvalue weighted by Crippen LogP contribution is 2.20. The van der Waals surface area contributed by atoms with Crippen molar-refractivity contribution < 1.29 is 12.8 Å². The molecule has 66 valence electrons. The number of sulfone groups is 1. The van der Waals surface area contributed by atoms with Crippen LogP contribution in [-0.4, -0.2) is 32.6 Å². The quantitative estimate of drug-likeness (QED) is 0.637. The van der Waals surface area contributed by atoms with Gasteiger partial charge >= 0.3 is 0 Å². The molecule has 0 aliphatic carbocycles. The Morgan fingerprint density at radius 2 is 2.09 bits per heavy atom. The lowest BCUT2D eigenvalue weighted by Gasteiger charge is -2.09. The lowest BCUT2D eigenvalue weighted by atomic mass is 10.0. The van der Waals surface area contributed by atoms with E-state index in [4.69, 9.17) is 5.73 Å². The van der Waals surface area contributed by atoms with Gasteiger partial charge in [0.15, 0.2) is 9.84 Å². The number of halogens is 1. The van der Waals surface area contributed by atoms with Crippen molar-refractivity contribution in [2.45, 2.75) is 12.5 Å². The van der Waals surface area contributed by atoms with Gasteiger partial charge in [0.25, 0.3) is 0 Å². The Balaban J connectivity index is 2.59. The Morgan fingerprint density at radius 3 is 2.45 bits per heavy atom. The molecule has 0 spiro atoms. The van der Waals surface area contributed by atoms with Crippen molar-refractivity contribution >= 4 is 9.84 Å². The predicted molar refractivity (Wildman–Crippen MR) is 40.7 cm³/mol. The summed E-state index contributed by atoms with van der Waals surface area (Å²) >= 11 is 0. The van der Waals surface area contributed by atoms with Gasteiger partial charge in [0.1, 0.15) is 0 Å². The van der Waals surface area contributed by atoms with Crippen LogP contribution in [0.2, 0.25) is 0 Å². The van der Waals surface area contributed by atoms with Crippen molar-refractivity contribution in [2.24, 2.45) is 11.7 Å². The fraction of sp³-hybridized carbons (Fsp3) is 1.00. The molecule has 0 aromatic rings.